The molecule has 0 radical (unpaired) electrons. The summed E-state index contributed by atoms with van der Waals surface area (Å²) in [6.07, 6.45) is 0.785. The summed E-state index contributed by atoms with van der Waals surface area (Å²) in [6.45, 7) is 1.49. The van der Waals surface area contributed by atoms with Crippen LogP contribution in [0, 0.1) is 5.92 Å². The summed E-state index contributed by atoms with van der Waals surface area (Å²) in [5, 5.41) is 8.72. The molecule has 0 aromatic heterocycles. The van der Waals surface area contributed by atoms with Crippen LogP contribution in [0.2, 0.25) is 0 Å². The summed E-state index contributed by atoms with van der Waals surface area (Å²) < 4.78 is 0. The summed E-state index contributed by atoms with van der Waals surface area (Å²) in [6, 6.07) is -0.163. The second kappa shape index (κ2) is 3.19. The fraction of sp³-hybridized carbons (Fsp3) is 0.857. The Morgan fingerprint density at radius 3 is 2.82 bits per heavy atom. The number of aliphatic carboxylic acids is 1. The van der Waals surface area contributed by atoms with Crippen LogP contribution in [-0.4, -0.2) is 42.2 Å². The molecule has 4 heteroatoms. The second-order valence-corrected chi connectivity index (χ2v) is 3.16. The molecule has 4 nitrogen and oxygen atoms in total. The Morgan fingerprint density at radius 1 is 1.73 bits per heavy atom. The van der Waals surface area contributed by atoms with Gasteiger partial charge in [-0.1, -0.05) is 0 Å². The highest BCUT2D eigenvalue weighted by Crippen LogP contribution is 2.13. The Morgan fingerprint density at radius 2 is 2.36 bits per heavy atom. The van der Waals surface area contributed by atoms with Crippen LogP contribution in [0.3, 0.4) is 0 Å². The molecule has 0 aliphatic carbocycles. The lowest BCUT2D eigenvalue weighted by Crippen LogP contribution is -2.48. The predicted molar refractivity (Wildman–Crippen MR) is 41.2 cm³/mol. The van der Waals surface area contributed by atoms with Crippen LogP contribution < -0.4 is 5.73 Å². The van der Waals surface area contributed by atoms with Crippen molar-refractivity contribution < 1.29 is 9.90 Å². The average molecular weight is 158 g/mol. The number of hydrogen-bond acceptors (Lipinski definition) is 3. The SMILES string of the molecule is CN1CC[C@H](N)C(C(=O)O)C1. The fourth-order valence-corrected chi connectivity index (χ4v) is 1.39. The largest absolute Gasteiger partial charge is 0.481 e. The maximum atomic E-state index is 10.6. The Hall–Kier alpha value is -0.610. The van der Waals surface area contributed by atoms with Crippen molar-refractivity contribution in [3.05, 3.63) is 0 Å². The summed E-state index contributed by atoms with van der Waals surface area (Å²) in [5.41, 5.74) is 5.63. The summed E-state index contributed by atoms with van der Waals surface area (Å²) in [5.74, 6) is -1.15. The van der Waals surface area contributed by atoms with Gasteiger partial charge >= 0.3 is 5.97 Å². The van der Waals surface area contributed by atoms with E-state index in [0.29, 0.717) is 6.54 Å². The highest BCUT2D eigenvalue weighted by Gasteiger charge is 2.30. The third kappa shape index (κ3) is 1.91. The summed E-state index contributed by atoms with van der Waals surface area (Å²) in [7, 11) is 1.92. The molecule has 0 amide bonds. The van der Waals surface area contributed by atoms with Gasteiger partial charge in [0.2, 0.25) is 0 Å². The Balaban J connectivity index is 2.54. The van der Waals surface area contributed by atoms with E-state index in [0.717, 1.165) is 13.0 Å². The van der Waals surface area contributed by atoms with E-state index in [-0.39, 0.29) is 12.0 Å². The first kappa shape index (κ1) is 8.49. The van der Waals surface area contributed by atoms with Gasteiger partial charge in [0, 0.05) is 12.6 Å². The van der Waals surface area contributed by atoms with Gasteiger partial charge in [-0.15, -0.1) is 0 Å². The van der Waals surface area contributed by atoms with E-state index in [1.807, 2.05) is 11.9 Å². The van der Waals surface area contributed by atoms with Gasteiger partial charge in [0.1, 0.15) is 0 Å². The number of carbonyl (C=O) groups is 1. The maximum absolute atomic E-state index is 10.6. The third-order valence-corrected chi connectivity index (χ3v) is 2.19. The maximum Gasteiger partial charge on any atom is 0.309 e. The first-order chi connectivity index (χ1) is 5.11. The zero-order valence-corrected chi connectivity index (χ0v) is 6.66. The van der Waals surface area contributed by atoms with Crippen molar-refractivity contribution >= 4 is 5.97 Å². The van der Waals surface area contributed by atoms with Crippen LogP contribution in [0.5, 0.6) is 0 Å². The molecule has 11 heavy (non-hydrogen) atoms. The Bertz CT molecular complexity index is 161. The van der Waals surface area contributed by atoms with E-state index in [4.69, 9.17) is 10.8 Å². The van der Waals surface area contributed by atoms with E-state index < -0.39 is 5.97 Å². The van der Waals surface area contributed by atoms with Crippen molar-refractivity contribution in [1.82, 2.24) is 4.90 Å². The number of hydrogen-bond donors (Lipinski definition) is 2. The van der Waals surface area contributed by atoms with Gasteiger partial charge < -0.3 is 15.7 Å². The lowest BCUT2D eigenvalue weighted by Gasteiger charge is -2.31. The third-order valence-electron chi connectivity index (χ3n) is 2.19. The van der Waals surface area contributed by atoms with Gasteiger partial charge in [-0.05, 0) is 20.0 Å². The van der Waals surface area contributed by atoms with Gasteiger partial charge in [0.15, 0.2) is 0 Å². The molecule has 1 aliphatic heterocycles. The van der Waals surface area contributed by atoms with Gasteiger partial charge in [0.05, 0.1) is 5.92 Å². The zero-order valence-electron chi connectivity index (χ0n) is 6.66. The summed E-state index contributed by atoms with van der Waals surface area (Å²) in [4.78, 5) is 12.6. The number of carboxylic acids is 1. The van der Waals surface area contributed by atoms with Crippen LogP contribution >= 0.6 is 0 Å². The normalized spacial score (nSPS) is 33.6. The number of likely N-dealkylation sites (tertiary alicyclic amines) is 1. The molecule has 0 aromatic carbocycles. The molecule has 3 N–H and O–H groups in total. The number of rotatable bonds is 1. The van der Waals surface area contributed by atoms with Crippen molar-refractivity contribution in [3.63, 3.8) is 0 Å². The number of piperidine rings is 1. The van der Waals surface area contributed by atoms with Crippen molar-refractivity contribution in [2.45, 2.75) is 12.5 Å². The molecule has 1 heterocycles. The molecule has 1 saturated heterocycles. The highest BCUT2D eigenvalue weighted by atomic mass is 16.4. The predicted octanol–water partition coefficient (Wildman–Crippen LogP) is -0.650. The smallest absolute Gasteiger partial charge is 0.309 e. The first-order valence-corrected chi connectivity index (χ1v) is 3.78. The average Bonchev–Trinajstić information content (AvgIpc) is 1.94. The lowest BCUT2D eigenvalue weighted by molar-refractivity contribution is -0.144. The van der Waals surface area contributed by atoms with Crippen LogP contribution in [0.15, 0.2) is 0 Å². The molecule has 1 aliphatic rings. The quantitative estimate of drug-likeness (QED) is 0.532. The fourth-order valence-electron chi connectivity index (χ4n) is 1.39. The minimum absolute atomic E-state index is 0.163. The zero-order chi connectivity index (χ0) is 8.43. The van der Waals surface area contributed by atoms with Crippen molar-refractivity contribution in [2.75, 3.05) is 20.1 Å². The van der Waals surface area contributed by atoms with E-state index >= 15 is 0 Å². The number of carboxylic acid groups (broad SMARTS) is 1. The second-order valence-electron chi connectivity index (χ2n) is 3.16. The molecule has 0 saturated carbocycles. The van der Waals surface area contributed by atoms with Crippen molar-refractivity contribution in [1.29, 1.82) is 0 Å². The van der Waals surface area contributed by atoms with Crippen LogP contribution in [0.1, 0.15) is 6.42 Å². The monoisotopic (exact) mass is 158 g/mol. The Kier molecular flexibility index (Phi) is 2.46. The number of nitrogens with zero attached hydrogens (tertiary/aromatic N) is 1. The van der Waals surface area contributed by atoms with E-state index in [1.165, 1.54) is 0 Å². The summed E-state index contributed by atoms with van der Waals surface area (Å²) >= 11 is 0. The molecular weight excluding hydrogens is 144 g/mol. The van der Waals surface area contributed by atoms with E-state index in [1.54, 1.807) is 0 Å². The topological polar surface area (TPSA) is 66.6 Å². The lowest BCUT2D eigenvalue weighted by atomic mass is 9.93. The molecule has 1 rings (SSSR count). The highest BCUT2D eigenvalue weighted by molar-refractivity contribution is 5.71. The van der Waals surface area contributed by atoms with Crippen LogP contribution in [0.25, 0.3) is 0 Å². The number of nitrogens with two attached hydrogens (primary N) is 1. The minimum Gasteiger partial charge on any atom is -0.481 e. The standard InChI is InChI=1S/C7H14N2O2/c1-9-3-2-6(8)5(4-9)7(10)11/h5-6H,2-4,8H2,1H3,(H,10,11)/t5?,6-/m0/s1. The van der Waals surface area contributed by atoms with Crippen molar-refractivity contribution in [3.8, 4) is 0 Å². The molecule has 2 atom stereocenters. The van der Waals surface area contributed by atoms with Crippen LogP contribution in [-0.2, 0) is 4.79 Å². The van der Waals surface area contributed by atoms with Gasteiger partial charge in [0.25, 0.3) is 0 Å². The van der Waals surface area contributed by atoms with Crippen LogP contribution in [0.4, 0.5) is 0 Å². The minimum atomic E-state index is -0.774. The van der Waals surface area contributed by atoms with E-state index in [9.17, 15) is 4.79 Å². The molecule has 64 valence electrons. The van der Waals surface area contributed by atoms with Crippen molar-refractivity contribution in [2.24, 2.45) is 11.7 Å². The molecule has 0 aromatic rings. The first-order valence-electron chi connectivity index (χ1n) is 3.78. The van der Waals surface area contributed by atoms with Gasteiger partial charge in [-0.2, -0.15) is 0 Å². The van der Waals surface area contributed by atoms with E-state index in [2.05, 4.69) is 0 Å². The Labute approximate surface area is 66.0 Å². The van der Waals surface area contributed by atoms with Gasteiger partial charge in [-0.3, -0.25) is 4.79 Å². The molecule has 0 bridgehead atoms. The van der Waals surface area contributed by atoms with Gasteiger partial charge in [-0.25, -0.2) is 0 Å². The molecule has 1 unspecified atom stereocenters. The molecule has 1 fully saturated rings. The molecule has 0 spiro atoms. The molecular formula is C7H14N2O2.